The number of pyridine rings is 1. The van der Waals surface area contributed by atoms with Gasteiger partial charge in [0.1, 0.15) is 6.07 Å². The summed E-state index contributed by atoms with van der Waals surface area (Å²) in [6.07, 6.45) is 5.93. The van der Waals surface area contributed by atoms with Crippen LogP contribution in [0.4, 0.5) is 0 Å². The van der Waals surface area contributed by atoms with Crippen molar-refractivity contribution in [1.82, 2.24) is 14.1 Å². The first-order valence-electron chi connectivity index (χ1n) is 10.7. The van der Waals surface area contributed by atoms with Crippen molar-refractivity contribution in [3.63, 3.8) is 0 Å². The molecular weight excluding hydrogens is 396 g/mol. The number of hydrogen-bond donors (Lipinski definition) is 0. The lowest BCUT2D eigenvalue weighted by atomic mass is 10.0. The fourth-order valence-electron chi connectivity index (χ4n) is 4.12. The first kappa shape index (κ1) is 21.3. The summed E-state index contributed by atoms with van der Waals surface area (Å²) in [6.45, 7) is 8.05. The summed E-state index contributed by atoms with van der Waals surface area (Å²) in [5.74, 6) is 0. The largest absolute Gasteiger partial charge is 0.307 e. The van der Waals surface area contributed by atoms with E-state index >= 15 is 0 Å². The first-order chi connectivity index (χ1) is 15.4. The zero-order chi connectivity index (χ0) is 22.8. The van der Waals surface area contributed by atoms with Crippen LogP contribution in [0, 0.1) is 32.1 Å². The summed E-state index contributed by atoms with van der Waals surface area (Å²) >= 11 is 0. The van der Waals surface area contributed by atoms with Crippen molar-refractivity contribution >= 4 is 0 Å². The van der Waals surface area contributed by atoms with E-state index in [0.717, 1.165) is 33.6 Å². The van der Waals surface area contributed by atoms with Crippen molar-refractivity contribution in [3.8, 4) is 11.8 Å². The second-order valence-electron chi connectivity index (χ2n) is 8.39. The van der Waals surface area contributed by atoms with Gasteiger partial charge < -0.3 is 9.13 Å². The Morgan fingerprint density at radius 3 is 2.53 bits per heavy atom. The number of nitriles is 1. The third-order valence-corrected chi connectivity index (χ3v) is 5.83. The monoisotopic (exact) mass is 422 g/mol. The van der Waals surface area contributed by atoms with E-state index in [1.165, 1.54) is 0 Å². The van der Waals surface area contributed by atoms with Crippen LogP contribution in [0.2, 0.25) is 0 Å². The molecule has 0 spiro atoms. The molecule has 2 heterocycles. The van der Waals surface area contributed by atoms with Crippen molar-refractivity contribution in [1.29, 1.82) is 5.26 Å². The molecule has 2 aromatic heterocycles. The van der Waals surface area contributed by atoms with Crippen LogP contribution in [0.25, 0.3) is 5.69 Å². The van der Waals surface area contributed by atoms with E-state index < -0.39 is 0 Å². The topological polar surface area (TPSA) is 63.6 Å². The Morgan fingerprint density at radius 2 is 1.88 bits per heavy atom. The minimum Gasteiger partial charge on any atom is -0.307 e. The number of aryl methyl sites for hydroxylation is 3. The smallest absolute Gasteiger partial charge is 0.254 e. The lowest BCUT2D eigenvalue weighted by Gasteiger charge is -2.18. The van der Waals surface area contributed by atoms with Gasteiger partial charge in [-0.2, -0.15) is 5.26 Å². The average Bonchev–Trinajstić information content (AvgIpc) is 3.20. The molecule has 160 valence electrons. The fourth-order valence-corrected chi connectivity index (χ4v) is 4.12. The lowest BCUT2D eigenvalue weighted by molar-refractivity contribution is 0.608. The van der Waals surface area contributed by atoms with Crippen molar-refractivity contribution in [2.45, 2.75) is 40.2 Å². The van der Waals surface area contributed by atoms with Gasteiger partial charge in [-0.1, -0.05) is 42.0 Å². The molecule has 0 unspecified atom stereocenters. The molecular formula is C27H26N4O. The Hall–Kier alpha value is -3.91. The molecule has 0 aliphatic carbocycles. The molecule has 2 aromatic carbocycles. The highest BCUT2D eigenvalue weighted by atomic mass is 16.1. The predicted molar refractivity (Wildman–Crippen MR) is 126 cm³/mol. The number of imidazole rings is 1. The van der Waals surface area contributed by atoms with Gasteiger partial charge >= 0.3 is 0 Å². The Labute approximate surface area is 188 Å². The SMILES string of the molecule is Cc1cccc([C@H](C)n2cc(C#N)cc(Cc3ccc(-n4cnc(C)c4)c(C)c3)c2=O)c1. The van der Waals surface area contributed by atoms with E-state index in [0.29, 0.717) is 17.5 Å². The van der Waals surface area contributed by atoms with Gasteiger partial charge in [0.05, 0.1) is 23.6 Å². The maximum atomic E-state index is 13.4. The first-order valence-corrected chi connectivity index (χ1v) is 10.7. The molecule has 0 fully saturated rings. The summed E-state index contributed by atoms with van der Waals surface area (Å²) in [4.78, 5) is 17.7. The van der Waals surface area contributed by atoms with Gasteiger partial charge in [-0.05, 0) is 56.5 Å². The Kier molecular flexibility index (Phi) is 5.79. The van der Waals surface area contributed by atoms with Crippen LogP contribution >= 0.6 is 0 Å². The number of rotatable bonds is 5. The molecule has 32 heavy (non-hydrogen) atoms. The average molecular weight is 423 g/mol. The minimum absolute atomic E-state index is 0.0648. The van der Waals surface area contributed by atoms with Crippen molar-refractivity contribution in [3.05, 3.63) is 117 Å². The maximum Gasteiger partial charge on any atom is 0.254 e. The predicted octanol–water partition coefficient (Wildman–Crippen LogP) is 5.03. The van der Waals surface area contributed by atoms with E-state index in [4.69, 9.17) is 0 Å². The van der Waals surface area contributed by atoms with Gasteiger partial charge in [-0.3, -0.25) is 4.79 Å². The summed E-state index contributed by atoms with van der Waals surface area (Å²) in [7, 11) is 0. The molecule has 5 nitrogen and oxygen atoms in total. The lowest BCUT2D eigenvalue weighted by Crippen LogP contribution is -2.27. The molecule has 0 bridgehead atoms. The Bertz CT molecular complexity index is 1390. The summed E-state index contributed by atoms with van der Waals surface area (Å²) < 4.78 is 3.68. The van der Waals surface area contributed by atoms with E-state index in [9.17, 15) is 10.1 Å². The normalized spacial score (nSPS) is 11.8. The van der Waals surface area contributed by atoms with Crippen LogP contribution in [-0.4, -0.2) is 14.1 Å². The van der Waals surface area contributed by atoms with Crippen LogP contribution in [0.5, 0.6) is 0 Å². The Balaban J connectivity index is 1.70. The fraction of sp³-hybridized carbons (Fsp3) is 0.222. The zero-order valence-corrected chi connectivity index (χ0v) is 18.8. The number of aromatic nitrogens is 3. The summed E-state index contributed by atoms with van der Waals surface area (Å²) in [6, 6.07) is 18.1. The molecule has 0 amide bonds. The van der Waals surface area contributed by atoms with Crippen LogP contribution in [0.1, 0.15) is 52.0 Å². The highest BCUT2D eigenvalue weighted by molar-refractivity contribution is 5.44. The molecule has 0 N–H and O–H groups in total. The van der Waals surface area contributed by atoms with Gasteiger partial charge in [0.2, 0.25) is 0 Å². The Morgan fingerprint density at radius 1 is 1.06 bits per heavy atom. The standard InChI is InChI=1S/C27H26N4O/c1-18-6-5-7-24(10-18)21(4)31-16-23(14-28)13-25(27(31)32)12-22-8-9-26(19(2)11-22)30-15-20(3)29-17-30/h5-11,13,15-17,21H,12H2,1-4H3/t21-/m0/s1. The molecule has 4 rings (SSSR count). The van der Waals surface area contributed by atoms with Gasteiger partial charge in [-0.25, -0.2) is 4.98 Å². The van der Waals surface area contributed by atoms with Crippen molar-refractivity contribution in [2.24, 2.45) is 0 Å². The highest BCUT2D eigenvalue weighted by Gasteiger charge is 2.15. The van der Waals surface area contributed by atoms with E-state index in [-0.39, 0.29) is 11.6 Å². The molecule has 5 heteroatoms. The zero-order valence-electron chi connectivity index (χ0n) is 18.8. The van der Waals surface area contributed by atoms with Gasteiger partial charge in [-0.15, -0.1) is 0 Å². The van der Waals surface area contributed by atoms with Crippen LogP contribution in [-0.2, 0) is 6.42 Å². The third kappa shape index (κ3) is 4.26. The molecule has 0 radical (unpaired) electrons. The van der Waals surface area contributed by atoms with Crippen LogP contribution < -0.4 is 5.56 Å². The van der Waals surface area contributed by atoms with E-state index in [2.05, 4.69) is 30.1 Å². The van der Waals surface area contributed by atoms with Gasteiger partial charge in [0, 0.05) is 30.1 Å². The van der Waals surface area contributed by atoms with Crippen LogP contribution in [0.15, 0.2) is 72.0 Å². The second kappa shape index (κ2) is 8.68. The van der Waals surface area contributed by atoms with Gasteiger partial charge in [0.15, 0.2) is 0 Å². The molecule has 0 aliphatic rings. The summed E-state index contributed by atoms with van der Waals surface area (Å²) in [5, 5.41) is 9.57. The van der Waals surface area contributed by atoms with Gasteiger partial charge in [0.25, 0.3) is 5.56 Å². The second-order valence-corrected chi connectivity index (χ2v) is 8.39. The van der Waals surface area contributed by atoms with Crippen molar-refractivity contribution < 1.29 is 0 Å². The van der Waals surface area contributed by atoms with Crippen molar-refractivity contribution in [2.75, 3.05) is 0 Å². The number of nitrogens with zero attached hydrogens (tertiary/aromatic N) is 4. The molecule has 0 aliphatic heterocycles. The number of benzene rings is 2. The third-order valence-electron chi connectivity index (χ3n) is 5.83. The molecule has 4 aromatic rings. The quantitative estimate of drug-likeness (QED) is 0.453. The maximum absolute atomic E-state index is 13.4. The van der Waals surface area contributed by atoms with E-state index in [1.807, 2.05) is 61.9 Å². The highest BCUT2D eigenvalue weighted by Crippen LogP contribution is 2.21. The van der Waals surface area contributed by atoms with E-state index in [1.54, 1.807) is 23.2 Å². The molecule has 1 atom stereocenters. The molecule has 0 saturated carbocycles. The van der Waals surface area contributed by atoms with Crippen LogP contribution in [0.3, 0.4) is 0 Å². The minimum atomic E-state index is -0.164. The number of hydrogen-bond acceptors (Lipinski definition) is 3. The molecule has 0 saturated heterocycles. The summed E-state index contributed by atoms with van der Waals surface area (Å²) in [5.41, 5.74) is 7.39.